The minimum absolute atomic E-state index is 0.0101. The minimum atomic E-state index is -3.35. The van der Waals surface area contributed by atoms with Gasteiger partial charge in [-0.1, -0.05) is 19.0 Å². The second kappa shape index (κ2) is 7.20. The highest BCUT2D eigenvalue weighted by Gasteiger charge is 2.19. The minimum Gasteiger partial charge on any atom is -0.409 e. The fourth-order valence-corrected chi connectivity index (χ4v) is 2.00. The Morgan fingerprint density at radius 1 is 1.44 bits per heavy atom. The summed E-state index contributed by atoms with van der Waals surface area (Å²) in [4.78, 5) is 13.2. The second-order valence-corrected chi connectivity index (χ2v) is 6.79. The van der Waals surface area contributed by atoms with E-state index in [-0.39, 0.29) is 24.7 Å². The molecule has 0 unspecified atom stereocenters. The summed E-state index contributed by atoms with van der Waals surface area (Å²) >= 11 is 0. The number of sulfone groups is 1. The maximum absolute atomic E-state index is 11.8. The molecule has 0 saturated heterocycles. The molecule has 0 radical (unpaired) electrons. The van der Waals surface area contributed by atoms with Crippen LogP contribution in [-0.2, 0) is 14.6 Å². The molecule has 0 spiro atoms. The predicted molar refractivity (Wildman–Crippen MR) is 69.2 cm³/mol. The van der Waals surface area contributed by atoms with E-state index in [0.29, 0.717) is 6.54 Å². The zero-order valence-electron chi connectivity index (χ0n) is 11.0. The summed E-state index contributed by atoms with van der Waals surface area (Å²) in [7, 11) is -3.35. The molecule has 7 nitrogen and oxygen atoms in total. The summed E-state index contributed by atoms with van der Waals surface area (Å²) in [6.45, 7) is 4.52. The first kappa shape index (κ1) is 16.7. The fourth-order valence-electron chi connectivity index (χ4n) is 1.37. The van der Waals surface area contributed by atoms with Crippen molar-refractivity contribution in [3.05, 3.63) is 0 Å². The van der Waals surface area contributed by atoms with Gasteiger partial charge in [0, 0.05) is 25.8 Å². The van der Waals surface area contributed by atoms with Crippen LogP contribution in [0, 0.1) is 5.92 Å². The van der Waals surface area contributed by atoms with Gasteiger partial charge in [-0.2, -0.15) is 0 Å². The molecule has 0 aliphatic rings. The summed E-state index contributed by atoms with van der Waals surface area (Å²) < 4.78 is 22.2. The van der Waals surface area contributed by atoms with Crippen molar-refractivity contribution in [3.8, 4) is 0 Å². The van der Waals surface area contributed by atoms with E-state index in [9.17, 15) is 13.2 Å². The number of amidine groups is 1. The van der Waals surface area contributed by atoms with Crippen LogP contribution in [0.3, 0.4) is 0 Å². The van der Waals surface area contributed by atoms with Crippen molar-refractivity contribution in [2.45, 2.75) is 20.3 Å². The van der Waals surface area contributed by atoms with Crippen LogP contribution in [0.15, 0.2) is 5.16 Å². The first-order chi connectivity index (χ1) is 8.15. The zero-order valence-corrected chi connectivity index (χ0v) is 11.8. The number of hydrogen-bond acceptors (Lipinski definition) is 5. The first-order valence-corrected chi connectivity index (χ1v) is 7.63. The summed E-state index contributed by atoms with van der Waals surface area (Å²) in [5.41, 5.74) is 5.32. The third-order valence-corrected chi connectivity index (χ3v) is 2.86. The monoisotopic (exact) mass is 279 g/mol. The topological polar surface area (TPSA) is 113 Å². The molecule has 0 aromatic rings. The SMILES string of the molecule is CC(C)CN(CCC(N)=NO)C(=O)CS(C)(=O)=O. The molecule has 0 aliphatic carbocycles. The number of nitrogens with two attached hydrogens (primary N) is 1. The summed E-state index contributed by atoms with van der Waals surface area (Å²) in [6.07, 6.45) is 1.22. The van der Waals surface area contributed by atoms with Crippen LogP contribution < -0.4 is 5.73 Å². The average Bonchev–Trinajstić information content (AvgIpc) is 2.20. The maximum atomic E-state index is 11.8. The van der Waals surface area contributed by atoms with Crippen LogP contribution in [0.5, 0.6) is 0 Å². The van der Waals surface area contributed by atoms with Crippen molar-refractivity contribution >= 4 is 21.6 Å². The van der Waals surface area contributed by atoms with Gasteiger partial charge in [0.05, 0.1) is 0 Å². The summed E-state index contributed by atoms with van der Waals surface area (Å²) in [5.74, 6) is -0.760. The molecule has 0 rings (SSSR count). The van der Waals surface area contributed by atoms with E-state index in [1.54, 1.807) is 0 Å². The molecular formula is C10H21N3O4S. The Morgan fingerprint density at radius 3 is 2.39 bits per heavy atom. The van der Waals surface area contributed by atoms with Gasteiger partial charge in [0.25, 0.3) is 0 Å². The number of carbonyl (C=O) groups excluding carboxylic acids is 1. The highest BCUT2D eigenvalue weighted by atomic mass is 32.2. The number of carbonyl (C=O) groups is 1. The van der Waals surface area contributed by atoms with E-state index in [2.05, 4.69) is 5.16 Å². The molecule has 0 fully saturated rings. The van der Waals surface area contributed by atoms with Gasteiger partial charge in [-0.15, -0.1) is 0 Å². The van der Waals surface area contributed by atoms with Crippen LogP contribution in [0.2, 0.25) is 0 Å². The molecule has 106 valence electrons. The standard InChI is InChI=1S/C10H21N3O4S/c1-8(2)6-13(5-4-9(11)12-15)10(14)7-18(3,16)17/h8,15H,4-7H2,1-3H3,(H2,11,12). The van der Waals surface area contributed by atoms with E-state index in [0.717, 1.165) is 6.26 Å². The highest BCUT2D eigenvalue weighted by molar-refractivity contribution is 7.91. The Balaban J connectivity index is 4.62. The Labute approximate surface area is 108 Å². The van der Waals surface area contributed by atoms with Crippen molar-refractivity contribution in [1.29, 1.82) is 0 Å². The highest BCUT2D eigenvalue weighted by Crippen LogP contribution is 2.02. The maximum Gasteiger partial charge on any atom is 0.237 e. The van der Waals surface area contributed by atoms with Crippen LogP contribution in [0.4, 0.5) is 0 Å². The number of rotatable bonds is 7. The van der Waals surface area contributed by atoms with Gasteiger partial charge in [0.15, 0.2) is 9.84 Å². The lowest BCUT2D eigenvalue weighted by Crippen LogP contribution is -2.39. The van der Waals surface area contributed by atoms with Crippen molar-refractivity contribution in [3.63, 3.8) is 0 Å². The van der Waals surface area contributed by atoms with Gasteiger partial charge in [-0.3, -0.25) is 4.79 Å². The number of nitrogens with zero attached hydrogens (tertiary/aromatic N) is 2. The molecule has 0 heterocycles. The van der Waals surface area contributed by atoms with E-state index in [1.165, 1.54) is 4.90 Å². The number of hydrogen-bond donors (Lipinski definition) is 2. The molecular weight excluding hydrogens is 258 g/mol. The van der Waals surface area contributed by atoms with Gasteiger partial charge in [0.1, 0.15) is 11.6 Å². The molecule has 18 heavy (non-hydrogen) atoms. The second-order valence-electron chi connectivity index (χ2n) is 4.65. The third-order valence-electron chi connectivity index (χ3n) is 2.09. The lowest BCUT2D eigenvalue weighted by molar-refractivity contribution is -0.128. The van der Waals surface area contributed by atoms with E-state index >= 15 is 0 Å². The lowest BCUT2D eigenvalue weighted by Gasteiger charge is -2.24. The van der Waals surface area contributed by atoms with Crippen LogP contribution in [-0.4, -0.2) is 55.4 Å². The Bertz CT molecular complexity index is 403. The van der Waals surface area contributed by atoms with E-state index < -0.39 is 21.5 Å². The lowest BCUT2D eigenvalue weighted by atomic mass is 10.2. The Hall–Kier alpha value is -1.31. The van der Waals surface area contributed by atoms with Gasteiger partial charge < -0.3 is 15.8 Å². The van der Waals surface area contributed by atoms with Crippen LogP contribution in [0.25, 0.3) is 0 Å². The van der Waals surface area contributed by atoms with E-state index in [4.69, 9.17) is 10.9 Å². The van der Waals surface area contributed by atoms with Gasteiger partial charge in [-0.25, -0.2) is 8.42 Å². The zero-order chi connectivity index (χ0) is 14.3. The molecule has 0 aromatic carbocycles. The summed E-state index contributed by atoms with van der Waals surface area (Å²) in [5, 5.41) is 11.2. The third kappa shape index (κ3) is 7.88. The van der Waals surface area contributed by atoms with Crippen LogP contribution >= 0.6 is 0 Å². The molecule has 0 aromatic heterocycles. The molecule has 0 bridgehead atoms. The molecule has 0 atom stereocenters. The van der Waals surface area contributed by atoms with Crippen molar-refractivity contribution < 1.29 is 18.4 Å². The van der Waals surface area contributed by atoms with Crippen molar-refractivity contribution in [2.24, 2.45) is 16.8 Å². The largest absolute Gasteiger partial charge is 0.409 e. The van der Waals surface area contributed by atoms with Gasteiger partial charge in [-0.05, 0) is 5.92 Å². The van der Waals surface area contributed by atoms with Crippen molar-refractivity contribution in [1.82, 2.24) is 4.90 Å². The predicted octanol–water partition coefficient (Wildman–Crippen LogP) is -0.348. The normalized spacial score (nSPS) is 12.8. The molecule has 0 saturated carbocycles. The molecule has 1 amide bonds. The smallest absolute Gasteiger partial charge is 0.237 e. The Morgan fingerprint density at radius 2 is 2.00 bits per heavy atom. The molecule has 3 N–H and O–H groups in total. The average molecular weight is 279 g/mol. The Kier molecular flexibility index (Phi) is 6.67. The quantitative estimate of drug-likeness (QED) is 0.286. The first-order valence-electron chi connectivity index (χ1n) is 5.57. The fraction of sp³-hybridized carbons (Fsp3) is 0.800. The summed E-state index contributed by atoms with van der Waals surface area (Å²) in [6, 6.07) is 0. The number of oxime groups is 1. The van der Waals surface area contributed by atoms with Gasteiger partial charge >= 0.3 is 0 Å². The van der Waals surface area contributed by atoms with E-state index in [1.807, 2.05) is 13.8 Å². The van der Waals surface area contributed by atoms with Gasteiger partial charge in [0.2, 0.25) is 5.91 Å². The molecule has 8 heteroatoms. The van der Waals surface area contributed by atoms with Crippen LogP contribution in [0.1, 0.15) is 20.3 Å². The number of amides is 1. The molecule has 0 aliphatic heterocycles. The van der Waals surface area contributed by atoms with Crippen molar-refractivity contribution in [2.75, 3.05) is 25.1 Å².